The van der Waals surface area contributed by atoms with Crippen molar-refractivity contribution in [1.82, 2.24) is 10.2 Å². The number of benzene rings is 4. The minimum atomic E-state index is -4.15. The standard InChI is InChI=1S/C35H38BrN3O4S/c1-4-20-37-35(41)33(22-28-11-6-5-7-12-28)38(24-29-13-8-10-27(3)21-29)34(40)25-39(31-15-9-14-30(36)23-31)44(42,43)32-18-16-26(2)17-19-32/h5-19,21,23,33H,4,20,22,24-25H2,1-3H3,(H,37,41)/t33-/m0/s1. The molecule has 1 N–H and O–H groups in total. The van der Waals surface area contributed by atoms with Crippen LogP contribution in [0.15, 0.2) is 112 Å². The Labute approximate surface area is 269 Å². The Balaban J connectivity index is 1.80. The van der Waals surface area contributed by atoms with Crippen molar-refractivity contribution in [3.63, 3.8) is 0 Å². The molecule has 0 fully saturated rings. The summed E-state index contributed by atoms with van der Waals surface area (Å²) in [5.41, 5.74) is 4.00. The summed E-state index contributed by atoms with van der Waals surface area (Å²) < 4.78 is 30.0. The first-order chi connectivity index (χ1) is 21.1. The normalized spacial score (nSPS) is 11.9. The molecule has 0 aliphatic heterocycles. The van der Waals surface area contributed by atoms with E-state index in [2.05, 4.69) is 21.2 Å². The molecule has 0 spiro atoms. The minimum absolute atomic E-state index is 0.0719. The van der Waals surface area contributed by atoms with Gasteiger partial charge in [-0.05, 0) is 61.7 Å². The molecule has 0 saturated carbocycles. The van der Waals surface area contributed by atoms with Gasteiger partial charge in [-0.2, -0.15) is 0 Å². The molecule has 0 aliphatic carbocycles. The summed E-state index contributed by atoms with van der Waals surface area (Å²) in [5, 5.41) is 2.97. The number of anilines is 1. The number of nitrogens with one attached hydrogen (secondary N) is 1. The second kappa shape index (κ2) is 15.2. The zero-order valence-corrected chi connectivity index (χ0v) is 27.6. The maximum absolute atomic E-state index is 14.5. The molecule has 2 amide bonds. The maximum Gasteiger partial charge on any atom is 0.264 e. The van der Waals surface area contributed by atoms with Crippen molar-refractivity contribution in [3.8, 4) is 0 Å². The third-order valence-corrected chi connectivity index (χ3v) is 9.52. The Hall–Kier alpha value is -3.95. The number of sulfonamides is 1. The Bertz CT molecular complexity index is 1680. The molecular weight excluding hydrogens is 638 g/mol. The van der Waals surface area contributed by atoms with E-state index in [1.54, 1.807) is 48.5 Å². The molecule has 4 rings (SSSR count). The average molecular weight is 677 g/mol. The summed E-state index contributed by atoms with van der Waals surface area (Å²) in [6.45, 7) is 5.91. The molecule has 0 aromatic heterocycles. The van der Waals surface area contributed by atoms with E-state index in [9.17, 15) is 18.0 Å². The van der Waals surface area contributed by atoms with Gasteiger partial charge >= 0.3 is 0 Å². The van der Waals surface area contributed by atoms with Gasteiger partial charge in [0.1, 0.15) is 12.6 Å². The summed E-state index contributed by atoms with van der Waals surface area (Å²) >= 11 is 3.44. The molecule has 0 bridgehead atoms. The molecule has 9 heteroatoms. The van der Waals surface area contributed by atoms with Crippen molar-refractivity contribution in [2.45, 2.75) is 51.1 Å². The van der Waals surface area contributed by atoms with E-state index < -0.39 is 28.5 Å². The smallest absolute Gasteiger partial charge is 0.264 e. The van der Waals surface area contributed by atoms with Crippen LogP contribution in [0.2, 0.25) is 0 Å². The van der Waals surface area contributed by atoms with Crippen molar-refractivity contribution < 1.29 is 18.0 Å². The van der Waals surface area contributed by atoms with Gasteiger partial charge in [0.05, 0.1) is 10.6 Å². The van der Waals surface area contributed by atoms with Crippen molar-refractivity contribution in [2.75, 3.05) is 17.4 Å². The van der Waals surface area contributed by atoms with Gasteiger partial charge < -0.3 is 10.2 Å². The molecule has 4 aromatic rings. The highest BCUT2D eigenvalue weighted by Crippen LogP contribution is 2.27. The van der Waals surface area contributed by atoms with E-state index in [1.165, 1.54) is 4.90 Å². The van der Waals surface area contributed by atoms with Crippen molar-refractivity contribution in [3.05, 3.63) is 130 Å². The van der Waals surface area contributed by atoms with Gasteiger partial charge in [-0.15, -0.1) is 0 Å². The van der Waals surface area contributed by atoms with Crippen LogP contribution in [0.25, 0.3) is 0 Å². The highest BCUT2D eigenvalue weighted by Gasteiger charge is 2.34. The third kappa shape index (κ3) is 8.57. The molecule has 0 heterocycles. The molecule has 0 aliphatic rings. The lowest BCUT2D eigenvalue weighted by Crippen LogP contribution is -2.53. The Kier molecular flexibility index (Phi) is 11.4. The summed E-state index contributed by atoms with van der Waals surface area (Å²) in [7, 11) is -4.15. The SMILES string of the molecule is CCCNC(=O)[C@H](Cc1ccccc1)N(Cc1cccc(C)c1)C(=O)CN(c1cccc(Br)c1)S(=O)(=O)c1ccc(C)cc1. The van der Waals surface area contributed by atoms with E-state index in [4.69, 9.17) is 0 Å². The molecule has 0 saturated heterocycles. The van der Waals surface area contributed by atoms with E-state index >= 15 is 0 Å². The number of amides is 2. The number of halogens is 1. The highest BCUT2D eigenvalue weighted by molar-refractivity contribution is 9.10. The lowest BCUT2D eigenvalue weighted by atomic mass is 10.0. The highest BCUT2D eigenvalue weighted by atomic mass is 79.9. The fourth-order valence-electron chi connectivity index (χ4n) is 4.92. The van der Waals surface area contributed by atoms with Crippen LogP contribution in [0.4, 0.5) is 5.69 Å². The van der Waals surface area contributed by atoms with Crippen molar-refractivity contribution >= 4 is 43.5 Å². The Morgan fingerprint density at radius 3 is 2.16 bits per heavy atom. The number of carbonyl (C=O) groups is 2. The Morgan fingerprint density at radius 1 is 0.818 bits per heavy atom. The average Bonchev–Trinajstić information content (AvgIpc) is 3.01. The molecule has 7 nitrogen and oxygen atoms in total. The number of carbonyl (C=O) groups excluding carboxylic acids is 2. The van der Waals surface area contributed by atoms with Crippen LogP contribution in [-0.2, 0) is 32.6 Å². The first-order valence-corrected chi connectivity index (χ1v) is 16.8. The van der Waals surface area contributed by atoms with E-state index in [-0.39, 0.29) is 23.8 Å². The first kappa shape index (κ1) is 33.0. The number of nitrogens with zero attached hydrogens (tertiary/aromatic N) is 2. The van der Waals surface area contributed by atoms with Crippen LogP contribution in [-0.4, -0.2) is 44.3 Å². The second-order valence-electron chi connectivity index (χ2n) is 10.8. The van der Waals surface area contributed by atoms with Crippen LogP contribution in [0.1, 0.15) is 35.6 Å². The second-order valence-corrected chi connectivity index (χ2v) is 13.6. The summed E-state index contributed by atoms with van der Waals surface area (Å²) in [6.07, 6.45) is 1.01. The third-order valence-electron chi connectivity index (χ3n) is 7.24. The molecule has 0 unspecified atom stereocenters. The first-order valence-electron chi connectivity index (χ1n) is 14.6. The van der Waals surface area contributed by atoms with Crippen LogP contribution >= 0.6 is 15.9 Å². The van der Waals surface area contributed by atoms with Gasteiger partial charge in [-0.3, -0.25) is 13.9 Å². The largest absolute Gasteiger partial charge is 0.354 e. The van der Waals surface area contributed by atoms with Crippen LogP contribution < -0.4 is 9.62 Å². The van der Waals surface area contributed by atoms with Gasteiger partial charge in [0.15, 0.2) is 0 Å². The molecule has 230 valence electrons. The molecule has 1 atom stereocenters. The summed E-state index contributed by atoms with van der Waals surface area (Å²) in [6, 6.07) is 29.8. The fourth-order valence-corrected chi connectivity index (χ4v) is 6.72. The fraction of sp³-hybridized carbons (Fsp3) is 0.257. The maximum atomic E-state index is 14.5. The molecule has 4 aromatic carbocycles. The van der Waals surface area contributed by atoms with E-state index in [0.717, 1.165) is 33.0 Å². The van der Waals surface area contributed by atoms with Gasteiger partial charge in [0.2, 0.25) is 11.8 Å². The zero-order chi connectivity index (χ0) is 31.7. The lowest BCUT2D eigenvalue weighted by molar-refractivity contribution is -0.140. The molecule has 0 radical (unpaired) electrons. The number of aryl methyl sites for hydroxylation is 2. The van der Waals surface area contributed by atoms with E-state index in [1.807, 2.05) is 75.4 Å². The number of hydrogen-bond donors (Lipinski definition) is 1. The Morgan fingerprint density at radius 2 is 1.50 bits per heavy atom. The van der Waals surface area contributed by atoms with Crippen molar-refractivity contribution in [2.24, 2.45) is 0 Å². The van der Waals surface area contributed by atoms with Crippen LogP contribution in [0, 0.1) is 13.8 Å². The predicted octanol–water partition coefficient (Wildman–Crippen LogP) is 6.43. The predicted molar refractivity (Wildman–Crippen MR) is 179 cm³/mol. The van der Waals surface area contributed by atoms with Crippen molar-refractivity contribution in [1.29, 1.82) is 0 Å². The zero-order valence-electron chi connectivity index (χ0n) is 25.2. The van der Waals surface area contributed by atoms with E-state index in [0.29, 0.717) is 16.7 Å². The topological polar surface area (TPSA) is 86.8 Å². The number of hydrogen-bond acceptors (Lipinski definition) is 4. The molecular formula is C35H38BrN3O4S. The summed E-state index contributed by atoms with van der Waals surface area (Å²) in [5.74, 6) is -0.776. The number of rotatable bonds is 13. The monoisotopic (exact) mass is 675 g/mol. The van der Waals surface area contributed by atoms with Gasteiger partial charge in [0.25, 0.3) is 10.0 Å². The lowest BCUT2D eigenvalue weighted by Gasteiger charge is -2.34. The van der Waals surface area contributed by atoms with Gasteiger partial charge in [-0.25, -0.2) is 8.42 Å². The quantitative estimate of drug-likeness (QED) is 0.177. The summed E-state index contributed by atoms with van der Waals surface area (Å²) in [4.78, 5) is 29.8. The van der Waals surface area contributed by atoms with Gasteiger partial charge in [-0.1, -0.05) is 107 Å². The minimum Gasteiger partial charge on any atom is -0.354 e. The molecule has 44 heavy (non-hydrogen) atoms. The van der Waals surface area contributed by atoms with Gasteiger partial charge in [0, 0.05) is 24.0 Å². The van der Waals surface area contributed by atoms with Crippen LogP contribution in [0.3, 0.4) is 0 Å². The van der Waals surface area contributed by atoms with Crippen LogP contribution in [0.5, 0.6) is 0 Å².